The molecule has 162 valence electrons. The van der Waals surface area contributed by atoms with Gasteiger partial charge in [0.25, 0.3) is 0 Å². The lowest BCUT2D eigenvalue weighted by Gasteiger charge is -2.42. The zero-order valence-electron chi connectivity index (χ0n) is 19.7. The van der Waals surface area contributed by atoms with Crippen LogP contribution in [0, 0.1) is 35.0 Å². The maximum Gasteiger partial charge on any atom is 0.0583 e. The van der Waals surface area contributed by atoms with Gasteiger partial charge in [-0.15, -0.1) is 0 Å². The minimum atomic E-state index is -0.152. The molecule has 6 atom stereocenters. The van der Waals surface area contributed by atoms with E-state index < -0.39 is 0 Å². The Morgan fingerprint density at radius 1 is 1.07 bits per heavy atom. The Morgan fingerprint density at radius 3 is 2.55 bits per heavy atom. The average Bonchev–Trinajstić information content (AvgIpc) is 3.04. The molecular weight excluding hydrogens is 352 g/mol. The van der Waals surface area contributed by atoms with Crippen molar-refractivity contribution in [3.05, 3.63) is 47.1 Å². The number of hydrogen-bond acceptors (Lipinski definition) is 1. The third-order valence-electron chi connectivity index (χ3n) is 8.61. The SMILES string of the molecule is CC1=C(/C=C/C2=CCC[C@]3(C)[C@@H](C(C)/C=C/C(C)C(C)C)CC[C@@H]23)C[C@@H](O)CC1. The fourth-order valence-corrected chi connectivity index (χ4v) is 6.10. The third kappa shape index (κ3) is 4.98. The number of rotatable bonds is 6. The molecule has 0 aliphatic heterocycles. The Hall–Kier alpha value is -1.08. The van der Waals surface area contributed by atoms with Crippen LogP contribution in [0.4, 0.5) is 0 Å². The molecule has 0 aromatic rings. The molecule has 0 spiro atoms. The van der Waals surface area contributed by atoms with Crippen molar-refractivity contribution in [3.63, 3.8) is 0 Å². The van der Waals surface area contributed by atoms with Crippen LogP contribution in [0.25, 0.3) is 0 Å². The first-order valence-corrected chi connectivity index (χ1v) is 12.2. The first-order valence-electron chi connectivity index (χ1n) is 12.2. The highest BCUT2D eigenvalue weighted by Crippen LogP contribution is 2.58. The van der Waals surface area contributed by atoms with Gasteiger partial charge in [0.05, 0.1) is 6.10 Å². The molecule has 1 nitrogen and oxygen atoms in total. The van der Waals surface area contributed by atoms with Crippen molar-refractivity contribution in [2.75, 3.05) is 0 Å². The molecule has 0 heterocycles. The Labute approximate surface area is 180 Å². The molecule has 1 N–H and O–H groups in total. The fourth-order valence-electron chi connectivity index (χ4n) is 6.10. The number of allylic oxidation sites excluding steroid dienone is 7. The lowest BCUT2D eigenvalue weighted by atomic mass is 9.62. The van der Waals surface area contributed by atoms with Gasteiger partial charge < -0.3 is 5.11 Å². The molecule has 0 bridgehead atoms. The highest BCUT2D eigenvalue weighted by molar-refractivity contribution is 5.36. The van der Waals surface area contributed by atoms with Gasteiger partial charge in [-0.2, -0.15) is 0 Å². The standard InChI is InChI=1S/C28H44O/c1-19(2)20(3)9-10-22(5)26-15-16-27-23(8-7-17-28(26,27)6)12-13-24-18-25(29)14-11-21(24)4/h8-10,12-13,19-20,22,25-27,29H,7,11,14-18H2,1-6H3/b10-9+,13-12+/t20?,22?,25-,26+,27-,28+/m0/s1. The second-order valence-electron chi connectivity index (χ2n) is 10.9. The van der Waals surface area contributed by atoms with Gasteiger partial charge in [-0.3, -0.25) is 0 Å². The van der Waals surface area contributed by atoms with Gasteiger partial charge in [0.1, 0.15) is 0 Å². The first-order chi connectivity index (χ1) is 13.7. The Morgan fingerprint density at radius 2 is 1.83 bits per heavy atom. The second-order valence-corrected chi connectivity index (χ2v) is 10.9. The van der Waals surface area contributed by atoms with Gasteiger partial charge in [0.2, 0.25) is 0 Å². The second kappa shape index (κ2) is 9.38. The number of aliphatic hydroxyl groups is 1. The van der Waals surface area contributed by atoms with Gasteiger partial charge in [-0.1, -0.05) is 70.6 Å². The van der Waals surface area contributed by atoms with Crippen LogP contribution < -0.4 is 0 Å². The smallest absolute Gasteiger partial charge is 0.0583 e. The summed E-state index contributed by atoms with van der Waals surface area (Å²) in [7, 11) is 0. The topological polar surface area (TPSA) is 20.2 Å². The molecule has 1 heteroatoms. The predicted molar refractivity (Wildman–Crippen MR) is 126 cm³/mol. The van der Waals surface area contributed by atoms with Gasteiger partial charge in [-0.25, -0.2) is 0 Å². The number of aliphatic hydroxyl groups excluding tert-OH is 1. The molecule has 2 unspecified atom stereocenters. The van der Waals surface area contributed by atoms with Crippen LogP contribution in [0.3, 0.4) is 0 Å². The van der Waals surface area contributed by atoms with Crippen molar-refractivity contribution in [3.8, 4) is 0 Å². The molecule has 0 saturated heterocycles. The highest BCUT2D eigenvalue weighted by Gasteiger charge is 2.49. The molecular formula is C28H44O. The lowest BCUT2D eigenvalue weighted by Crippen LogP contribution is -2.34. The van der Waals surface area contributed by atoms with Gasteiger partial charge in [0, 0.05) is 0 Å². The Kier molecular flexibility index (Phi) is 7.31. The zero-order valence-corrected chi connectivity index (χ0v) is 19.7. The molecule has 3 rings (SSSR count). The lowest BCUT2D eigenvalue weighted by molar-refractivity contribution is 0.129. The van der Waals surface area contributed by atoms with Crippen LogP contribution in [0.5, 0.6) is 0 Å². The molecule has 3 aliphatic rings. The van der Waals surface area contributed by atoms with Crippen molar-refractivity contribution >= 4 is 0 Å². The average molecular weight is 397 g/mol. The van der Waals surface area contributed by atoms with E-state index in [0.29, 0.717) is 23.2 Å². The number of hydrogen-bond donors (Lipinski definition) is 1. The minimum absolute atomic E-state index is 0.152. The van der Waals surface area contributed by atoms with E-state index in [1.165, 1.54) is 36.8 Å². The van der Waals surface area contributed by atoms with E-state index in [1.807, 2.05) is 0 Å². The number of fused-ring (bicyclic) bond motifs is 1. The van der Waals surface area contributed by atoms with Crippen LogP contribution in [0.15, 0.2) is 47.1 Å². The van der Waals surface area contributed by atoms with E-state index in [1.54, 1.807) is 5.57 Å². The summed E-state index contributed by atoms with van der Waals surface area (Å²) in [5, 5.41) is 10.1. The van der Waals surface area contributed by atoms with E-state index in [4.69, 9.17) is 0 Å². The van der Waals surface area contributed by atoms with Gasteiger partial charge >= 0.3 is 0 Å². The molecule has 29 heavy (non-hydrogen) atoms. The van der Waals surface area contributed by atoms with E-state index >= 15 is 0 Å². The fraction of sp³-hybridized carbons (Fsp3) is 0.714. The molecule has 1 saturated carbocycles. The normalized spacial score (nSPS) is 35.4. The van der Waals surface area contributed by atoms with Crippen molar-refractivity contribution < 1.29 is 5.11 Å². The summed E-state index contributed by atoms with van der Waals surface area (Å²) in [6.45, 7) is 14.2. The van der Waals surface area contributed by atoms with Gasteiger partial charge in [-0.05, 0) is 98.0 Å². The Bertz CT molecular complexity index is 691. The quantitative estimate of drug-likeness (QED) is 0.457. The molecule has 0 aromatic carbocycles. The van der Waals surface area contributed by atoms with Crippen molar-refractivity contribution in [1.29, 1.82) is 0 Å². The van der Waals surface area contributed by atoms with Gasteiger partial charge in [0.15, 0.2) is 0 Å². The van der Waals surface area contributed by atoms with Crippen LogP contribution in [-0.4, -0.2) is 11.2 Å². The third-order valence-corrected chi connectivity index (χ3v) is 8.61. The van der Waals surface area contributed by atoms with E-state index in [-0.39, 0.29) is 6.10 Å². The summed E-state index contributed by atoms with van der Waals surface area (Å²) in [5.41, 5.74) is 4.82. The van der Waals surface area contributed by atoms with E-state index in [0.717, 1.165) is 31.1 Å². The first kappa shape index (κ1) is 22.6. The largest absolute Gasteiger partial charge is 0.393 e. The van der Waals surface area contributed by atoms with Crippen molar-refractivity contribution in [1.82, 2.24) is 0 Å². The zero-order chi connectivity index (χ0) is 21.2. The maximum absolute atomic E-state index is 10.1. The summed E-state index contributed by atoms with van der Waals surface area (Å²) < 4.78 is 0. The Balaban J connectivity index is 1.73. The maximum atomic E-state index is 10.1. The minimum Gasteiger partial charge on any atom is -0.393 e. The predicted octanol–water partition coefficient (Wildman–Crippen LogP) is 7.64. The summed E-state index contributed by atoms with van der Waals surface area (Å²) >= 11 is 0. The van der Waals surface area contributed by atoms with E-state index in [9.17, 15) is 5.11 Å². The monoisotopic (exact) mass is 396 g/mol. The molecule has 0 aromatic heterocycles. The molecule has 3 aliphatic carbocycles. The highest BCUT2D eigenvalue weighted by atomic mass is 16.3. The van der Waals surface area contributed by atoms with Crippen molar-refractivity contribution in [2.24, 2.45) is 35.0 Å². The summed E-state index contributed by atoms with van der Waals surface area (Å²) in [4.78, 5) is 0. The molecule has 1 fully saturated rings. The molecule has 0 amide bonds. The van der Waals surface area contributed by atoms with Crippen LogP contribution in [-0.2, 0) is 0 Å². The summed E-state index contributed by atoms with van der Waals surface area (Å²) in [6, 6.07) is 0. The summed E-state index contributed by atoms with van der Waals surface area (Å²) in [6.07, 6.45) is 20.1. The molecule has 0 radical (unpaired) electrons. The van der Waals surface area contributed by atoms with Crippen molar-refractivity contribution in [2.45, 2.75) is 92.6 Å². The van der Waals surface area contributed by atoms with Crippen LogP contribution in [0.1, 0.15) is 86.5 Å². The van der Waals surface area contributed by atoms with Crippen LogP contribution >= 0.6 is 0 Å². The summed E-state index contributed by atoms with van der Waals surface area (Å²) in [5.74, 6) is 3.53. The van der Waals surface area contributed by atoms with Crippen LogP contribution in [0.2, 0.25) is 0 Å². The van der Waals surface area contributed by atoms with E-state index in [2.05, 4.69) is 71.9 Å².